The van der Waals surface area contributed by atoms with Gasteiger partial charge in [-0.25, -0.2) is 0 Å². The zero-order chi connectivity index (χ0) is 12.5. The molecule has 0 aliphatic carbocycles. The number of hydrogen-bond acceptors (Lipinski definition) is 3. The van der Waals surface area contributed by atoms with Crippen LogP contribution < -0.4 is 9.47 Å². The first-order chi connectivity index (χ1) is 8.33. The summed E-state index contributed by atoms with van der Waals surface area (Å²) in [6.07, 6.45) is 3.55. The number of methoxy groups -OCH3 is 2. The number of benzene rings is 1. The van der Waals surface area contributed by atoms with Gasteiger partial charge in [-0.2, -0.15) is 0 Å². The van der Waals surface area contributed by atoms with Crippen molar-refractivity contribution in [2.24, 2.45) is 0 Å². The molecule has 0 radical (unpaired) electrons. The summed E-state index contributed by atoms with van der Waals surface area (Å²) in [5, 5.41) is 0. The predicted molar refractivity (Wildman–Crippen MR) is 68.7 cm³/mol. The SMILES string of the molecule is CCCCCOCc1cccc(OC)c1OC. The second-order valence-electron chi connectivity index (χ2n) is 3.91. The smallest absolute Gasteiger partial charge is 0.166 e. The molecule has 3 heteroatoms. The minimum absolute atomic E-state index is 0.573. The Balaban J connectivity index is 2.52. The lowest BCUT2D eigenvalue weighted by molar-refractivity contribution is 0.115. The highest BCUT2D eigenvalue weighted by molar-refractivity contribution is 5.46. The molecule has 3 nitrogen and oxygen atoms in total. The number of unbranched alkanes of at least 4 members (excludes halogenated alkanes) is 2. The van der Waals surface area contributed by atoms with Crippen LogP contribution in [0.15, 0.2) is 18.2 Å². The van der Waals surface area contributed by atoms with E-state index in [0.29, 0.717) is 6.61 Å². The second-order valence-corrected chi connectivity index (χ2v) is 3.91. The van der Waals surface area contributed by atoms with Crippen molar-refractivity contribution in [1.82, 2.24) is 0 Å². The van der Waals surface area contributed by atoms with Crippen LogP contribution in [0, 0.1) is 0 Å². The van der Waals surface area contributed by atoms with E-state index in [-0.39, 0.29) is 0 Å². The van der Waals surface area contributed by atoms with Crippen LogP contribution in [0.3, 0.4) is 0 Å². The summed E-state index contributed by atoms with van der Waals surface area (Å²) in [7, 11) is 3.29. The van der Waals surface area contributed by atoms with Crippen LogP contribution in [0.5, 0.6) is 11.5 Å². The quantitative estimate of drug-likeness (QED) is 0.649. The lowest BCUT2D eigenvalue weighted by Crippen LogP contribution is -2.00. The molecule has 0 heterocycles. The maximum atomic E-state index is 5.63. The van der Waals surface area contributed by atoms with Crippen molar-refractivity contribution in [1.29, 1.82) is 0 Å². The average Bonchev–Trinajstić information content (AvgIpc) is 2.38. The molecule has 0 aromatic heterocycles. The van der Waals surface area contributed by atoms with E-state index in [4.69, 9.17) is 14.2 Å². The van der Waals surface area contributed by atoms with Crippen LogP contribution in [0.25, 0.3) is 0 Å². The standard InChI is InChI=1S/C14H22O3/c1-4-5-6-10-17-11-12-8-7-9-13(15-2)14(12)16-3/h7-9H,4-6,10-11H2,1-3H3. The van der Waals surface area contributed by atoms with Gasteiger partial charge in [0.1, 0.15) is 0 Å². The summed E-state index contributed by atoms with van der Waals surface area (Å²) in [6, 6.07) is 5.84. The van der Waals surface area contributed by atoms with Crippen molar-refractivity contribution in [2.45, 2.75) is 32.8 Å². The first-order valence-electron chi connectivity index (χ1n) is 6.11. The summed E-state index contributed by atoms with van der Waals surface area (Å²) in [4.78, 5) is 0. The molecule has 1 aromatic rings. The third-order valence-electron chi connectivity index (χ3n) is 2.63. The minimum Gasteiger partial charge on any atom is -0.493 e. The maximum Gasteiger partial charge on any atom is 0.166 e. The number of rotatable bonds is 8. The largest absolute Gasteiger partial charge is 0.493 e. The van der Waals surface area contributed by atoms with E-state index in [0.717, 1.165) is 30.1 Å². The highest BCUT2D eigenvalue weighted by Gasteiger charge is 2.08. The maximum absolute atomic E-state index is 5.63. The fourth-order valence-electron chi connectivity index (χ4n) is 1.70. The van der Waals surface area contributed by atoms with Gasteiger partial charge in [0.2, 0.25) is 0 Å². The lowest BCUT2D eigenvalue weighted by Gasteiger charge is -2.12. The molecule has 0 bridgehead atoms. The Hall–Kier alpha value is -1.22. The molecule has 0 amide bonds. The van der Waals surface area contributed by atoms with Gasteiger partial charge in [-0.05, 0) is 12.5 Å². The Morgan fingerprint density at radius 1 is 1.06 bits per heavy atom. The van der Waals surface area contributed by atoms with Crippen LogP contribution in [0.2, 0.25) is 0 Å². The van der Waals surface area contributed by atoms with E-state index < -0.39 is 0 Å². The molecule has 0 spiro atoms. The number of hydrogen-bond donors (Lipinski definition) is 0. The molecule has 1 rings (SSSR count). The summed E-state index contributed by atoms with van der Waals surface area (Å²) in [5.41, 5.74) is 1.03. The molecule has 0 unspecified atom stereocenters. The Kier molecular flexibility index (Phi) is 6.48. The number of para-hydroxylation sites is 1. The summed E-state index contributed by atoms with van der Waals surface area (Å²) < 4.78 is 16.2. The molecule has 0 aliphatic rings. The van der Waals surface area contributed by atoms with Crippen molar-refractivity contribution in [3.05, 3.63) is 23.8 Å². The second kappa shape index (κ2) is 7.96. The monoisotopic (exact) mass is 238 g/mol. The summed E-state index contributed by atoms with van der Waals surface area (Å²) >= 11 is 0. The lowest BCUT2D eigenvalue weighted by atomic mass is 10.2. The van der Waals surface area contributed by atoms with E-state index in [9.17, 15) is 0 Å². The summed E-state index contributed by atoms with van der Waals surface area (Å²) in [6.45, 7) is 3.56. The zero-order valence-electron chi connectivity index (χ0n) is 11.0. The predicted octanol–water partition coefficient (Wildman–Crippen LogP) is 3.41. The van der Waals surface area contributed by atoms with E-state index in [1.165, 1.54) is 12.8 Å². The van der Waals surface area contributed by atoms with Gasteiger partial charge in [0, 0.05) is 12.2 Å². The highest BCUT2D eigenvalue weighted by Crippen LogP contribution is 2.30. The first kappa shape index (κ1) is 13.8. The Morgan fingerprint density at radius 2 is 1.88 bits per heavy atom. The molecule has 0 N–H and O–H groups in total. The van der Waals surface area contributed by atoms with Gasteiger partial charge in [0.25, 0.3) is 0 Å². The fraction of sp³-hybridized carbons (Fsp3) is 0.571. The summed E-state index contributed by atoms with van der Waals surface area (Å²) in [5.74, 6) is 1.52. The molecule has 0 saturated heterocycles. The van der Waals surface area contributed by atoms with Crippen LogP contribution in [-0.4, -0.2) is 20.8 Å². The fourth-order valence-corrected chi connectivity index (χ4v) is 1.70. The normalized spacial score (nSPS) is 10.3. The van der Waals surface area contributed by atoms with Crippen LogP contribution in [0.4, 0.5) is 0 Å². The molecule has 1 aromatic carbocycles. The average molecular weight is 238 g/mol. The molecular formula is C14H22O3. The zero-order valence-corrected chi connectivity index (χ0v) is 11.0. The molecule has 0 aliphatic heterocycles. The highest BCUT2D eigenvalue weighted by atomic mass is 16.5. The van der Waals surface area contributed by atoms with Crippen molar-refractivity contribution in [2.75, 3.05) is 20.8 Å². The van der Waals surface area contributed by atoms with Gasteiger partial charge >= 0.3 is 0 Å². The molecule has 96 valence electrons. The molecular weight excluding hydrogens is 216 g/mol. The van der Waals surface area contributed by atoms with Gasteiger partial charge in [-0.15, -0.1) is 0 Å². The van der Waals surface area contributed by atoms with Crippen LogP contribution in [0.1, 0.15) is 31.7 Å². The van der Waals surface area contributed by atoms with Gasteiger partial charge in [-0.1, -0.05) is 31.9 Å². The van der Waals surface area contributed by atoms with Crippen molar-refractivity contribution >= 4 is 0 Å². The molecule has 0 fully saturated rings. The topological polar surface area (TPSA) is 27.7 Å². The molecule has 0 saturated carbocycles. The molecule has 0 atom stereocenters. The Morgan fingerprint density at radius 3 is 2.53 bits per heavy atom. The van der Waals surface area contributed by atoms with Gasteiger partial charge in [-0.3, -0.25) is 0 Å². The Bertz CT molecular complexity index is 323. The van der Waals surface area contributed by atoms with Crippen molar-refractivity contribution < 1.29 is 14.2 Å². The van der Waals surface area contributed by atoms with E-state index in [1.54, 1.807) is 14.2 Å². The first-order valence-corrected chi connectivity index (χ1v) is 6.11. The number of ether oxygens (including phenoxy) is 3. The van der Waals surface area contributed by atoms with Crippen molar-refractivity contribution in [3.63, 3.8) is 0 Å². The Labute approximate surface area is 104 Å². The van der Waals surface area contributed by atoms with Crippen LogP contribution in [-0.2, 0) is 11.3 Å². The van der Waals surface area contributed by atoms with Crippen molar-refractivity contribution in [3.8, 4) is 11.5 Å². The van der Waals surface area contributed by atoms with E-state index >= 15 is 0 Å². The van der Waals surface area contributed by atoms with Gasteiger partial charge in [0.05, 0.1) is 20.8 Å². The van der Waals surface area contributed by atoms with Gasteiger partial charge in [0.15, 0.2) is 11.5 Å². The molecule has 17 heavy (non-hydrogen) atoms. The van der Waals surface area contributed by atoms with E-state index in [2.05, 4.69) is 6.92 Å². The van der Waals surface area contributed by atoms with E-state index in [1.807, 2.05) is 18.2 Å². The third kappa shape index (κ3) is 4.27. The third-order valence-corrected chi connectivity index (χ3v) is 2.63. The van der Waals surface area contributed by atoms with Gasteiger partial charge < -0.3 is 14.2 Å². The van der Waals surface area contributed by atoms with Crippen LogP contribution >= 0.6 is 0 Å². The minimum atomic E-state index is 0.573.